The molecule has 6 aromatic rings. The average molecular weight is 1080 g/mol. The van der Waals surface area contributed by atoms with E-state index in [4.69, 9.17) is 29.8 Å². The number of nitrogens with two attached hydrogens (primary N) is 1. The molecule has 21 heteroatoms. The van der Waals surface area contributed by atoms with Crippen molar-refractivity contribution in [3.63, 3.8) is 0 Å². The summed E-state index contributed by atoms with van der Waals surface area (Å²) in [6.45, 7) is 5.20. The number of alkyl halides is 4. The molecule has 0 spiro atoms. The molecule has 0 unspecified atom stereocenters. The zero-order valence-corrected chi connectivity index (χ0v) is 41.1. The molecule has 4 aliphatic heterocycles. The molecule has 6 aromatic carbocycles. The van der Waals surface area contributed by atoms with Crippen LogP contribution in [0.2, 0.25) is 0 Å². The molecule has 6 N–H and O–H groups in total. The molecule has 4 heterocycles. The number of nitrogens with zero attached hydrogens (tertiary/aromatic N) is 2. The van der Waals surface area contributed by atoms with Crippen LogP contribution in [0, 0.1) is 23.3 Å². The summed E-state index contributed by atoms with van der Waals surface area (Å²) in [5.74, 6) is -13.2. The van der Waals surface area contributed by atoms with Crippen molar-refractivity contribution in [2.45, 2.75) is 49.0 Å². The lowest BCUT2D eigenvalue weighted by Gasteiger charge is -2.36. The van der Waals surface area contributed by atoms with E-state index in [0.29, 0.717) is 66.4 Å². The smallest absolute Gasteiger partial charge is 0.379 e. The van der Waals surface area contributed by atoms with E-state index in [1.54, 1.807) is 6.07 Å². The fraction of sp³-hybridized carbons (Fsp3) is 0.321. The van der Waals surface area contributed by atoms with Crippen molar-refractivity contribution in [2.75, 3.05) is 65.7 Å². The summed E-state index contributed by atoms with van der Waals surface area (Å²) in [6.07, 6.45) is -0.324. The average Bonchev–Trinajstić information content (AvgIpc) is 3.42. The second-order valence-electron chi connectivity index (χ2n) is 18.6. The standard InChI is InChI=1S/C28H26F4N2O4.C14H9F3O2.C14H19FN2O3.H2/c29-21-8-4-18(5-9-21)17-2-6-20(7-3-17)28(31,32)27(36)33-23(16-34-10-1-11-34)25(35)19-14-22(30)26-24(15-19)37-12-13-38-26;15-12-7-3-10(4-8-12)9-1-5-11(6-2-9)14(16,17)13(18)19;15-10-6-9(7-12-14(10)20-5-4-19-12)13(18)11(16)8-17-2-1-3-17;/h2-9,14-15,23,25,35H,1,10-13,16H2,(H,33,36);1-8H,(H,18,19);6-7,11,13,18H,1-5,8,16H2;1H/t23-,25-;;11-,13-;/m1.1./s1. The maximum absolute atomic E-state index is 15.2. The Morgan fingerprint density at radius 3 is 1.34 bits per heavy atom. The number of hydrogen-bond donors (Lipinski definition) is 5. The van der Waals surface area contributed by atoms with Crippen LogP contribution in [0.3, 0.4) is 0 Å². The van der Waals surface area contributed by atoms with Crippen LogP contribution in [0.1, 0.15) is 48.7 Å². The fourth-order valence-electron chi connectivity index (χ4n) is 8.65. The predicted octanol–water partition coefficient (Wildman–Crippen LogP) is 9.00. The van der Waals surface area contributed by atoms with E-state index in [2.05, 4.69) is 10.2 Å². The van der Waals surface area contributed by atoms with Gasteiger partial charge in [0.15, 0.2) is 34.6 Å². The van der Waals surface area contributed by atoms with Gasteiger partial charge in [0.05, 0.1) is 12.1 Å². The number of carboxylic acids is 1. The third-order valence-electron chi connectivity index (χ3n) is 13.2. The lowest BCUT2D eigenvalue weighted by molar-refractivity contribution is -0.166. The van der Waals surface area contributed by atoms with Gasteiger partial charge in [-0.2, -0.15) is 17.6 Å². The molecule has 0 bridgehead atoms. The number of aliphatic hydroxyl groups excluding tert-OH is 2. The number of benzene rings is 6. The lowest BCUT2D eigenvalue weighted by Crippen LogP contribution is -2.53. The van der Waals surface area contributed by atoms with E-state index >= 15 is 8.78 Å². The number of halogens is 8. The number of carbonyl (C=O) groups is 2. The van der Waals surface area contributed by atoms with Gasteiger partial charge < -0.3 is 55.1 Å². The zero-order chi connectivity index (χ0) is 55.0. The minimum Gasteiger partial charge on any atom is -0.486 e. The van der Waals surface area contributed by atoms with Gasteiger partial charge in [0.2, 0.25) is 0 Å². The molecule has 0 radical (unpaired) electrons. The highest BCUT2D eigenvalue weighted by Gasteiger charge is 2.44. The summed E-state index contributed by atoms with van der Waals surface area (Å²) in [7, 11) is 0. The van der Waals surface area contributed by atoms with Gasteiger partial charge in [-0.05, 0) is 121 Å². The molecule has 2 fully saturated rings. The van der Waals surface area contributed by atoms with E-state index < -0.39 is 82.4 Å². The summed E-state index contributed by atoms with van der Waals surface area (Å²) in [6, 6.07) is 24.8. The highest BCUT2D eigenvalue weighted by Crippen LogP contribution is 2.39. The molecule has 0 aliphatic carbocycles. The molecule has 0 saturated carbocycles. The monoisotopic (exact) mass is 1080 g/mol. The van der Waals surface area contributed by atoms with Gasteiger partial charge in [-0.1, -0.05) is 72.8 Å². The molecular weight excluding hydrogens is 1020 g/mol. The van der Waals surface area contributed by atoms with E-state index in [0.717, 1.165) is 49.8 Å². The highest BCUT2D eigenvalue weighted by molar-refractivity contribution is 5.85. The maximum atomic E-state index is 15.2. The van der Waals surface area contributed by atoms with Crippen LogP contribution < -0.4 is 30.0 Å². The van der Waals surface area contributed by atoms with Crippen molar-refractivity contribution in [3.8, 4) is 45.3 Å². The van der Waals surface area contributed by atoms with Gasteiger partial charge in [0.1, 0.15) is 44.2 Å². The maximum Gasteiger partial charge on any atom is 0.379 e. The topological polar surface area (TPSA) is 176 Å². The number of likely N-dealkylation sites (tertiary alicyclic amines) is 2. The summed E-state index contributed by atoms with van der Waals surface area (Å²) < 4.78 is 133. The van der Waals surface area contributed by atoms with E-state index in [1.807, 2.05) is 4.90 Å². The highest BCUT2D eigenvalue weighted by atomic mass is 19.3. The van der Waals surface area contributed by atoms with Crippen molar-refractivity contribution >= 4 is 11.9 Å². The predicted molar refractivity (Wildman–Crippen MR) is 268 cm³/mol. The molecule has 13 nitrogen and oxygen atoms in total. The Kier molecular flexibility index (Phi) is 17.7. The summed E-state index contributed by atoms with van der Waals surface area (Å²) >= 11 is 0. The van der Waals surface area contributed by atoms with E-state index in [-0.39, 0.29) is 44.0 Å². The van der Waals surface area contributed by atoms with Crippen LogP contribution in [0.25, 0.3) is 22.3 Å². The van der Waals surface area contributed by atoms with Crippen LogP contribution in [0.5, 0.6) is 23.0 Å². The largest absolute Gasteiger partial charge is 0.486 e. The minimum absolute atomic E-state index is 0. The van der Waals surface area contributed by atoms with Crippen molar-refractivity contribution in [1.82, 2.24) is 15.1 Å². The van der Waals surface area contributed by atoms with Crippen LogP contribution in [-0.4, -0.2) is 115 Å². The summed E-state index contributed by atoms with van der Waals surface area (Å²) in [4.78, 5) is 27.3. The second kappa shape index (κ2) is 24.4. The number of aliphatic hydroxyl groups is 2. The minimum atomic E-state index is -3.92. The van der Waals surface area contributed by atoms with Crippen LogP contribution in [-0.2, 0) is 21.4 Å². The molecule has 10 rings (SSSR count). The number of carboxylic acid groups (broad SMARTS) is 1. The molecule has 4 atom stereocenters. The van der Waals surface area contributed by atoms with Gasteiger partial charge in [0, 0.05) is 31.7 Å². The number of amides is 1. The van der Waals surface area contributed by atoms with Crippen LogP contribution >= 0.6 is 0 Å². The van der Waals surface area contributed by atoms with Crippen molar-refractivity contribution in [2.24, 2.45) is 5.73 Å². The van der Waals surface area contributed by atoms with Crippen molar-refractivity contribution in [3.05, 3.63) is 167 Å². The number of ether oxygens (including phenoxy) is 4. The number of aliphatic carboxylic acids is 1. The Morgan fingerprint density at radius 2 is 0.935 bits per heavy atom. The van der Waals surface area contributed by atoms with E-state index in [9.17, 15) is 46.1 Å². The number of rotatable bonds is 15. The Bertz CT molecular complexity index is 2990. The molecule has 1 amide bonds. The first kappa shape index (κ1) is 55.9. The van der Waals surface area contributed by atoms with Gasteiger partial charge in [-0.3, -0.25) is 4.79 Å². The van der Waals surface area contributed by atoms with Gasteiger partial charge in [-0.25, -0.2) is 22.4 Å². The van der Waals surface area contributed by atoms with Crippen molar-refractivity contribution in [1.29, 1.82) is 0 Å². The Hall–Kier alpha value is -7.30. The molecule has 2 saturated heterocycles. The third kappa shape index (κ3) is 13.5. The number of fused-ring (bicyclic) bond motifs is 2. The SMILES string of the molecule is N[C@H](CN1CCC1)[C@H](O)c1cc(F)c2c(c1)OCCO2.O=C(N[C@H](CN1CCC1)[C@H](O)c1cc(F)c2c(c1)OCCO2)C(F)(F)c1ccc(-c2ccc(F)cc2)cc1.O=C(O)C(F)(F)c1ccc(-c2ccc(F)cc2)cc1.[HH]. The summed E-state index contributed by atoms with van der Waals surface area (Å²) in [5, 5.41) is 32.0. The van der Waals surface area contributed by atoms with Crippen LogP contribution in [0.15, 0.2) is 121 Å². The molecule has 410 valence electrons. The molecule has 0 aromatic heterocycles. The Morgan fingerprint density at radius 1 is 0.558 bits per heavy atom. The first-order valence-corrected chi connectivity index (χ1v) is 24.6. The second-order valence-corrected chi connectivity index (χ2v) is 18.6. The van der Waals surface area contributed by atoms with Gasteiger partial charge in [0.25, 0.3) is 5.91 Å². The first-order valence-electron chi connectivity index (χ1n) is 24.6. The van der Waals surface area contributed by atoms with Crippen molar-refractivity contribution < 1.29 is 80.4 Å². The van der Waals surface area contributed by atoms with E-state index in [1.165, 1.54) is 91.3 Å². The molecule has 77 heavy (non-hydrogen) atoms. The third-order valence-corrected chi connectivity index (χ3v) is 13.2. The Labute approximate surface area is 438 Å². The number of hydrogen-bond acceptors (Lipinski definition) is 11. The zero-order valence-electron chi connectivity index (χ0n) is 41.1. The molecule has 4 aliphatic rings. The number of nitrogens with one attached hydrogen (secondary N) is 1. The number of carbonyl (C=O) groups excluding carboxylic acids is 1. The molecular formula is C56H56F8N4O9. The van der Waals surface area contributed by atoms with Crippen LogP contribution in [0.4, 0.5) is 35.1 Å². The fourth-order valence-corrected chi connectivity index (χ4v) is 8.65. The first-order chi connectivity index (χ1) is 36.8. The normalized spacial score (nSPS) is 16.6. The quantitative estimate of drug-likeness (QED) is 0.0619. The Balaban J connectivity index is 0.000000186. The summed E-state index contributed by atoms with van der Waals surface area (Å²) in [5.41, 5.74) is 7.85. The lowest BCUT2D eigenvalue weighted by atomic mass is 9.98. The van der Waals surface area contributed by atoms with Gasteiger partial charge in [-0.15, -0.1) is 0 Å². The van der Waals surface area contributed by atoms with Gasteiger partial charge >= 0.3 is 17.8 Å².